The lowest BCUT2D eigenvalue weighted by Crippen LogP contribution is -2.40. The highest BCUT2D eigenvalue weighted by Crippen LogP contribution is 2.24. The number of pyridine rings is 1. The van der Waals surface area contributed by atoms with Crippen molar-refractivity contribution in [3.8, 4) is 5.69 Å². The van der Waals surface area contributed by atoms with Gasteiger partial charge in [-0.05, 0) is 36.2 Å². The van der Waals surface area contributed by atoms with Crippen molar-refractivity contribution < 1.29 is 9.53 Å². The minimum absolute atomic E-state index is 0.0775. The van der Waals surface area contributed by atoms with Crippen LogP contribution in [-0.4, -0.2) is 45.1 Å². The first-order valence-electron chi connectivity index (χ1n) is 9.97. The first kappa shape index (κ1) is 18.4. The zero-order chi connectivity index (χ0) is 20.3. The van der Waals surface area contributed by atoms with Gasteiger partial charge in [-0.15, -0.1) is 5.10 Å². The number of hydrogen-bond acceptors (Lipinski definition) is 5. The van der Waals surface area contributed by atoms with Crippen LogP contribution in [0.3, 0.4) is 0 Å². The monoisotopic (exact) mass is 399 g/mol. The van der Waals surface area contributed by atoms with Crippen molar-refractivity contribution in [2.75, 3.05) is 13.2 Å². The summed E-state index contributed by atoms with van der Waals surface area (Å²) in [4.78, 5) is 17.2. The van der Waals surface area contributed by atoms with Gasteiger partial charge in [0.05, 0.1) is 36.7 Å². The number of ether oxygens (including phenoxy) is 1. The Morgan fingerprint density at radius 3 is 2.80 bits per heavy atom. The molecule has 0 bridgehead atoms. The van der Waals surface area contributed by atoms with Crippen molar-refractivity contribution in [1.29, 1.82) is 0 Å². The molecule has 1 saturated heterocycles. The standard InChI is InChI=1S/C23H21N5O2/c29-23(21-13-28(27-26-21)18-6-2-1-3-7-18)25-22-15-30-14-17(22)12-16-10-11-24-20-9-5-4-8-19(16)20/h1-11,13,17,22H,12,14-15H2,(H,25,29)/t17-,22+/m1/s1. The molecule has 0 saturated carbocycles. The van der Waals surface area contributed by atoms with Gasteiger partial charge in [-0.1, -0.05) is 41.6 Å². The summed E-state index contributed by atoms with van der Waals surface area (Å²) in [5.74, 6) is -0.0545. The number of hydrogen-bond donors (Lipinski definition) is 1. The van der Waals surface area contributed by atoms with Gasteiger partial charge in [0.25, 0.3) is 5.91 Å². The Kier molecular flexibility index (Phi) is 4.94. The second-order valence-corrected chi connectivity index (χ2v) is 7.45. The third-order valence-corrected chi connectivity index (χ3v) is 5.48. The van der Waals surface area contributed by atoms with Crippen molar-refractivity contribution >= 4 is 16.8 Å². The number of para-hydroxylation sites is 2. The number of rotatable bonds is 5. The Morgan fingerprint density at radius 2 is 1.90 bits per heavy atom. The molecule has 0 unspecified atom stereocenters. The summed E-state index contributed by atoms with van der Waals surface area (Å²) in [7, 11) is 0. The minimum Gasteiger partial charge on any atom is -0.379 e. The van der Waals surface area contributed by atoms with Gasteiger partial charge in [0.1, 0.15) is 0 Å². The summed E-state index contributed by atoms with van der Waals surface area (Å²) in [6, 6.07) is 19.7. The fourth-order valence-corrected chi connectivity index (χ4v) is 3.89. The Morgan fingerprint density at radius 1 is 1.07 bits per heavy atom. The number of amides is 1. The molecule has 4 aromatic rings. The van der Waals surface area contributed by atoms with Crippen LogP contribution in [0.5, 0.6) is 0 Å². The van der Waals surface area contributed by atoms with Gasteiger partial charge in [0, 0.05) is 17.5 Å². The van der Waals surface area contributed by atoms with Crippen molar-refractivity contribution in [3.63, 3.8) is 0 Å². The summed E-state index contributed by atoms with van der Waals surface area (Å²) in [6.45, 7) is 1.10. The quantitative estimate of drug-likeness (QED) is 0.558. The first-order valence-corrected chi connectivity index (χ1v) is 9.97. The first-order chi connectivity index (χ1) is 14.8. The van der Waals surface area contributed by atoms with E-state index < -0.39 is 0 Å². The number of aromatic nitrogens is 4. The Bertz CT molecular complexity index is 1170. The molecule has 3 heterocycles. The molecule has 0 spiro atoms. The Hall–Kier alpha value is -3.58. The van der Waals surface area contributed by atoms with Crippen LogP contribution in [-0.2, 0) is 11.2 Å². The predicted octanol–water partition coefficient (Wildman–Crippen LogP) is 2.80. The highest BCUT2D eigenvalue weighted by Gasteiger charge is 2.31. The molecule has 2 aromatic heterocycles. The molecule has 2 atom stereocenters. The van der Waals surface area contributed by atoms with E-state index >= 15 is 0 Å². The van der Waals surface area contributed by atoms with E-state index in [1.807, 2.05) is 60.8 Å². The molecule has 5 rings (SSSR count). The lowest BCUT2D eigenvalue weighted by atomic mass is 9.93. The number of nitrogens with one attached hydrogen (secondary N) is 1. The van der Waals surface area contributed by atoms with E-state index in [0.717, 1.165) is 23.0 Å². The van der Waals surface area contributed by atoms with Crippen molar-refractivity contribution in [3.05, 3.63) is 84.3 Å². The summed E-state index contributed by atoms with van der Waals surface area (Å²) < 4.78 is 7.29. The molecule has 7 nitrogen and oxygen atoms in total. The number of carbonyl (C=O) groups is 1. The van der Waals surface area contributed by atoms with Gasteiger partial charge < -0.3 is 10.1 Å². The summed E-state index contributed by atoms with van der Waals surface area (Å²) >= 11 is 0. The number of benzene rings is 2. The van der Waals surface area contributed by atoms with Gasteiger partial charge >= 0.3 is 0 Å². The fraction of sp³-hybridized carbons (Fsp3) is 0.217. The topological polar surface area (TPSA) is 81.9 Å². The molecule has 7 heteroatoms. The van der Waals surface area contributed by atoms with E-state index in [4.69, 9.17) is 4.74 Å². The maximum atomic E-state index is 12.8. The number of carbonyl (C=O) groups excluding carboxylic acids is 1. The molecular formula is C23H21N5O2. The van der Waals surface area contributed by atoms with E-state index in [9.17, 15) is 4.79 Å². The fourth-order valence-electron chi connectivity index (χ4n) is 3.89. The van der Waals surface area contributed by atoms with Gasteiger partial charge in [0.15, 0.2) is 5.69 Å². The van der Waals surface area contributed by atoms with E-state index in [-0.39, 0.29) is 17.9 Å². The molecule has 1 fully saturated rings. The third kappa shape index (κ3) is 3.67. The number of nitrogens with zero attached hydrogens (tertiary/aromatic N) is 4. The average Bonchev–Trinajstić information content (AvgIpc) is 3.45. The van der Waals surface area contributed by atoms with Gasteiger partial charge in [-0.25, -0.2) is 4.68 Å². The predicted molar refractivity (Wildman–Crippen MR) is 112 cm³/mol. The second kappa shape index (κ2) is 8.04. The molecule has 1 aliphatic rings. The van der Waals surface area contributed by atoms with Gasteiger partial charge in [0.2, 0.25) is 0 Å². The van der Waals surface area contributed by atoms with Crippen LogP contribution < -0.4 is 5.32 Å². The summed E-state index contributed by atoms with van der Waals surface area (Å²) in [5.41, 5.74) is 3.34. The zero-order valence-corrected chi connectivity index (χ0v) is 16.3. The minimum atomic E-state index is -0.239. The molecular weight excluding hydrogens is 378 g/mol. The maximum absolute atomic E-state index is 12.8. The maximum Gasteiger partial charge on any atom is 0.273 e. The number of fused-ring (bicyclic) bond motifs is 1. The van der Waals surface area contributed by atoms with Crippen molar-refractivity contribution in [2.24, 2.45) is 5.92 Å². The highest BCUT2D eigenvalue weighted by atomic mass is 16.5. The van der Waals surface area contributed by atoms with E-state index in [1.54, 1.807) is 10.9 Å². The van der Waals surface area contributed by atoms with Gasteiger partial charge in [-0.3, -0.25) is 9.78 Å². The Balaban J connectivity index is 1.30. The van der Waals surface area contributed by atoms with Crippen LogP contribution in [0, 0.1) is 5.92 Å². The van der Waals surface area contributed by atoms with Crippen LogP contribution in [0.4, 0.5) is 0 Å². The normalized spacial score (nSPS) is 18.5. The molecule has 1 N–H and O–H groups in total. The van der Waals surface area contributed by atoms with Crippen LogP contribution >= 0.6 is 0 Å². The molecule has 0 aliphatic carbocycles. The van der Waals surface area contributed by atoms with Crippen LogP contribution in [0.25, 0.3) is 16.6 Å². The zero-order valence-electron chi connectivity index (χ0n) is 16.3. The molecule has 1 amide bonds. The van der Waals surface area contributed by atoms with E-state index in [1.165, 1.54) is 5.56 Å². The van der Waals surface area contributed by atoms with Crippen molar-refractivity contribution in [1.82, 2.24) is 25.3 Å². The molecule has 1 aliphatic heterocycles. The van der Waals surface area contributed by atoms with E-state index in [2.05, 4.69) is 26.7 Å². The lowest BCUT2D eigenvalue weighted by Gasteiger charge is -2.19. The summed E-state index contributed by atoms with van der Waals surface area (Å²) in [6.07, 6.45) is 4.29. The van der Waals surface area contributed by atoms with Crippen LogP contribution in [0.2, 0.25) is 0 Å². The van der Waals surface area contributed by atoms with Crippen LogP contribution in [0.1, 0.15) is 16.1 Å². The summed E-state index contributed by atoms with van der Waals surface area (Å²) in [5, 5.41) is 12.3. The smallest absolute Gasteiger partial charge is 0.273 e. The van der Waals surface area contributed by atoms with Crippen molar-refractivity contribution in [2.45, 2.75) is 12.5 Å². The molecule has 150 valence electrons. The highest BCUT2D eigenvalue weighted by molar-refractivity contribution is 5.92. The van der Waals surface area contributed by atoms with Gasteiger partial charge in [-0.2, -0.15) is 0 Å². The average molecular weight is 399 g/mol. The third-order valence-electron chi connectivity index (χ3n) is 5.48. The largest absolute Gasteiger partial charge is 0.379 e. The Labute approximate surface area is 173 Å². The molecule has 30 heavy (non-hydrogen) atoms. The molecule has 2 aromatic carbocycles. The van der Waals surface area contributed by atoms with Crippen LogP contribution in [0.15, 0.2) is 73.1 Å². The SMILES string of the molecule is O=C(N[C@H]1COC[C@H]1Cc1ccnc2ccccc12)c1cn(-c2ccccc2)nn1. The lowest BCUT2D eigenvalue weighted by molar-refractivity contribution is 0.0920. The van der Waals surface area contributed by atoms with E-state index in [0.29, 0.717) is 18.9 Å². The second-order valence-electron chi connectivity index (χ2n) is 7.45. The molecule has 0 radical (unpaired) electrons.